The van der Waals surface area contributed by atoms with Gasteiger partial charge < -0.3 is 15.3 Å². The van der Waals surface area contributed by atoms with E-state index in [1.165, 1.54) is 30.9 Å². The van der Waals surface area contributed by atoms with Crippen LogP contribution >= 0.6 is 0 Å². The number of nitrogens with one attached hydrogen (secondary N) is 1. The maximum absolute atomic E-state index is 10.7. The molecule has 0 bridgehead atoms. The Morgan fingerprint density at radius 2 is 1.81 bits per heavy atom. The minimum Gasteiger partial charge on any atom is -0.476 e. The molecule has 6 nitrogen and oxygen atoms in total. The summed E-state index contributed by atoms with van der Waals surface area (Å²) in [5.41, 5.74) is 2.06. The van der Waals surface area contributed by atoms with E-state index in [0.717, 1.165) is 18.8 Å². The molecule has 1 saturated heterocycles. The molecule has 0 spiro atoms. The first-order chi connectivity index (χ1) is 10.2. The zero-order valence-corrected chi connectivity index (χ0v) is 11.5. The highest BCUT2D eigenvalue weighted by Gasteiger charge is 2.11. The fourth-order valence-electron chi connectivity index (χ4n) is 2.38. The first kappa shape index (κ1) is 13.4. The Hall–Kier alpha value is -2.63. The number of carboxylic acids is 1. The van der Waals surface area contributed by atoms with Gasteiger partial charge in [0.15, 0.2) is 5.69 Å². The third-order valence-electron chi connectivity index (χ3n) is 3.48. The van der Waals surface area contributed by atoms with E-state index in [0.29, 0.717) is 5.82 Å². The number of carboxylic acid groups (broad SMARTS) is 1. The van der Waals surface area contributed by atoms with Crippen LogP contribution in [0.25, 0.3) is 0 Å². The van der Waals surface area contributed by atoms with E-state index in [1.54, 1.807) is 0 Å². The normalized spacial score (nSPS) is 14.2. The van der Waals surface area contributed by atoms with Crippen LogP contribution in [-0.2, 0) is 0 Å². The van der Waals surface area contributed by atoms with Gasteiger partial charge in [-0.15, -0.1) is 0 Å². The summed E-state index contributed by atoms with van der Waals surface area (Å²) >= 11 is 0. The van der Waals surface area contributed by atoms with E-state index in [-0.39, 0.29) is 5.69 Å². The highest BCUT2D eigenvalue weighted by molar-refractivity contribution is 5.85. The second-order valence-electron chi connectivity index (χ2n) is 4.96. The van der Waals surface area contributed by atoms with Crippen LogP contribution in [0.5, 0.6) is 0 Å². The standard InChI is InChI=1S/C15H16N4O2/c20-15(21)13-9-17-14(10-16-13)18-11-3-5-12(6-4-11)19-7-1-2-8-19/h3-6,9-10H,1-2,7-8H2,(H,17,18)(H,20,21). The smallest absolute Gasteiger partial charge is 0.356 e. The second kappa shape index (κ2) is 5.78. The molecular weight excluding hydrogens is 268 g/mol. The molecule has 0 saturated carbocycles. The monoisotopic (exact) mass is 284 g/mol. The second-order valence-corrected chi connectivity index (χ2v) is 4.96. The van der Waals surface area contributed by atoms with Gasteiger partial charge in [-0.25, -0.2) is 14.8 Å². The lowest BCUT2D eigenvalue weighted by Crippen LogP contribution is -2.17. The topological polar surface area (TPSA) is 78.3 Å². The average molecular weight is 284 g/mol. The molecule has 1 aromatic carbocycles. The molecule has 2 N–H and O–H groups in total. The van der Waals surface area contributed by atoms with Gasteiger partial charge in [0.05, 0.1) is 12.4 Å². The van der Waals surface area contributed by atoms with E-state index in [2.05, 4.69) is 32.3 Å². The van der Waals surface area contributed by atoms with Gasteiger partial charge in [0.2, 0.25) is 0 Å². The van der Waals surface area contributed by atoms with Gasteiger partial charge in [0, 0.05) is 24.5 Å². The maximum atomic E-state index is 10.7. The zero-order chi connectivity index (χ0) is 14.7. The summed E-state index contributed by atoms with van der Waals surface area (Å²) in [6.07, 6.45) is 5.16. The summed E-state index contributed by atoms with van der Waals surface area (Å²) in [6, 6.07) is 8.13. The molecule has 2 aromatic rings. The molecule has 3 rings (SSSR count). The maximum Gasteiger partial charge on any atom is 0.356 e. The lowest BCUT2D eigenvalue weighted by molar-refractivity contribution is 0.0690. The molecule has 6 heteroatoms. The first-order valence-corrected chi connectivity index (χ1v) is 6.90. The average Bonchev–Trinajstić information content (AvgIpc) is 3.03. The Labute approximate surface area is 122 Å². The van der Waals surface area contributed by atoms with Gasteiger partial charge >= 0.3 is 5.97 Å². The molecule has 0 aliphatic carbocycles. The van der Waals surface area contributed by atoms with Gasteiger partial charge in [-0.2, -0.15) is 0 Å². The minimum atomic E-state index is -1.08. The molecule has 2 heterocycles. The number of anilines is 3. The van der Waals surface area contributed by atoms with Crippen LogP contribution < -0.4 is 10.2 Å². The zero-order valence-electron chi connectivity index (χ0n) is 11.5. The van der Waals surface area contributed by atoms with Crippen LogP contribution in [-0.4, -0.2) is 34.1 Å². The third-order valence-corrected chi connectivity index (χ3v) is 3.48. The molecule has 0 amide bonds. The van der Waals surface area contributed by atoms with E-state index >= 15 is 0 Å². The number of benzene rings is 1. The number of aromatic carboxylic acids is 1. The molecular formula is C15H16N4O2. The first-order valence-electron chi connectivity index (χ1n) is 6.90. The largest absolute Gasteiger partial charge is 0.476 e. The van der Waals surface area contributed by atoms with Gasteiger partial charge in [-0.05, 0) is 37.1 Å². The Balaban J connectivity index is 1.68. The molecule has 0 atom stereocenters. The number of hydrogen-bond donors (Lipinski definition) is 2. The number of aromatic nitrogens is 2. The summed E-state index contributed by atoms with van der Waals surface area (Å²) in [5, 5.41) is 11.9. The fraction of sp³-hybridized carbons (Fsp3) is 0.267. The van der Waals surface area contributed by atoms with Crippen molar-refractivity contribution in [2.24, 2.45) is 0 Å². The SMILES string of the molecule is O=C(O)c1cnc(Nc2ccc(N3CCCC3)cc2)cn1. The van der Waals surface area contributed by atoms with Crippen LogP contribution in [0.4, 0.5) is 17.2 Å². The summed E-state index contributed by atoms with van der Waals surface area (Å²) in [5.74, 6) is -0.557. The Bertz CT molecular complexity index is 619. The molecule has 0 radical (unpaired) electrons. The Morgan fingerprint density at radius 1 is 1.10 bits per heavy atom. The Kier molecular flexibility index (Phi) is 3.68. The summed E-state index contributed by atoms with van der Waals surface area (Å²) in [4.78, 5) is 20.9. The van der Waals surface area contributed by atoms with Crippen LogP contribution in [0, 0.1) is 0 Å². The summed E-state index contributed by atoms with van der Waals surface area (Å²) < 4.78 is 0. The molecule has 1 fully saturated rings. The minimum absolute atomic E-state index is 0.0649. The molecule has 1 aliphatic rings. The number of carbonyl (C=O) groups is 1. The van der Waals surface area contributed by atoms with Crippen LogP contribution in [0.2, 0.25) is 0 Å². The molecule has 108 valence electrons. The van der Waals surface area contributed by atoms with Crippen LogP contribution in [0.15, 0.2) is 36.7 Å². The Morgan fingerprint density at radius 3 is 2.38 bits per heavy atom. The molecule has 0 unspecified atom stereocenters. The van der Waals surface area contributed by atoms with Crippen molar-refractivity contribution in [3.05, 3.63) is 42.4 Å². The molecule has 21 heavy (non-hydrogen) atoms. The third kappa shape index (κ3) is 3.10. The van der Waals surface area contributed by atoms with Gasteiger partial charge in [0.25, 0.3) is 0 Å². The number of rotatable bonds is 4. The predicted octanol–water partition coefficient (Wildman–Crippen LogP) is 2.52. The van der Waals surface area contributed by atoms with Gasteiger partial charge in [0.1, 0.15) is 5.82 Å². The number of nitrogens with zero attached hydrogens (tertiary/aromatic N) is 3. The fourth-order valence-corrected chi connectivity index (χ4v) is 2.38. The summed E-state index contributed by atoms with van der Waals surface area (Å²) in [7, 11) is 0. The number of hydrogen-bond acceptors (Lipinski definition) is 5. The van der Waals surface area contributed by atoms with Crippen molar-refractivity contribution in [3.8, 4) is 0 Å². The van der Waals surface area contributed by atoms with Crippen molar-refractivity contribution in [1.82, 2.24) is 9.97 Å². The molecule has 1 aliphatic heterocycles. The van der Waals surface area contributed by atoms with E-state index in [4.69, 9.17) is 5.11 Å². The van der Waals surface area contributed by atoms with Crippen molar-refractivity contribution in [1.29, 1.82) is 0 Å². The predicted molar refractivity (Wildman–Crippen MR) is 80.2 cm³/mol. The van der Waals surface area contributed by atoms with E-state index < -0.39 is 5.97 Å². The van der Waals surface area contributed by atoms with Crippen molar-refractivity contribution in [2.45, 2.75) is 12.8 Å². The highest BCUT2D eigenvalue weighted by atomic mass is 16.4. The lowest BCUT2D eigenvalue weighted by atomic mass is 10.2. The van der Waals surface area contributed by atoms with Crippen LogP contribution in [0.3, 0.4) is 0 Å². The van der Waals surface area contributed by atoms with Crippen LogP contribution in [0.1, 0.15) is 23.3 Å². The quantitative estimate of drug-likeness (QED) is 0.898. The van der Waals surface area contributed by atoms with Crippen molar-refractivity contribution in [3.63, 3.8) is 0 Å². The van der Waals surface area contributed by atoms with E-state index in [9.17, 15) is 4.79 Å². The van der Waals surface area contributed by atoms with Gasteiger partial charge in [-0.1, -0.05) is 0 Å². The van der Waals surface area contributed by atoms with Crippen molar-refractivity contribution >= 4 is 23.2 Å². The van der Waals surface area contributed by atoms with E-state index in [1.807, 2.05) is 12.1 Å². The summed E-state index contributed by atoms with van der Waals surface area (Å²) in [6.45, 7) is 2.24. The highest BCUT2D eigenvalue weighted by Crippen LogP contribution is 2.23. The molecule has 1 aromatic heterocycles. The van der Waals surface area contributed by atoms with Gasteiger partial charge in [-0.3, -0.25) is 0 Å². The van der Waals surface area contributed by atoms with Crippen molar-refractivity contribution in [2.75, 3.05) is 23.3 Å². The van der Waals surface area contributed by atoms with Crippen molar-refractivity contribution < 1.29 is 9.90 Å². The lowest BCUT2D eigenvalue weighted by Gasteiger charge is -2.17.